The van der Waals surface area contributed by atoms with Crippen LogP contribution in [-0.4, -0.2) is 32.5 Å². The van der Waals surface area contributed by atoms with E-state index in [1.807, 2.05) is 34.5 Å². The fraction of sp³-hybridized carbons (Fsp3) is 0.263. The number of nitrogens with zero attached hydrogens (tertiary/aromatic N) is 3. The van der Waals surface area contributed by atoms with Gasteiger partial charge in [0.1, 0.15) is 5.69 Å². The lowest BCUT2D eigenvalue weighted by atomic mass is 9.99. The zero-order valence-electron chi connectivity index (χ0n) is 14.1. The summed E-state index contributed by atoms with van der Waals surface area (Å²) in [5.41, 5.74) is 2.53. The first kappa shape index (κ1) is 16.7. The van der Waals surface area contributed by atoms with Crippen molar-refractivity contribution in [2.75, 3.05) is 6.54 Å². The minimum atomic E-state index is -0.278. The largest absolute Gasteiger partial charge is 0.338 e. The molecule has 3 aromatic rings. The summed E-state index contributed by atoms with van der Waals surface area (Å²) < 4.78 is 0. The number of H-pyrrole nitrogens is 1. The maximum atomic E-state index is 12.5. The monoisotopic (exact) mass is 366 g/mol. The zero-order chi connectivity index (χ0) is 17.9. The summed E-state index contributed by atoms with van der Waals surface area (Å²) in [6.45, 7) is 1.35. The smallest absolute Gasteiger partial charge is 0.273 e. The lowest BCUT2D eigenvalue weighted by Gasteiger charge is -2.28. The van der Waals surface area contributed by atoms with Crippen molar-refractivity contribution in [2.24, 2.45) is 0 Å². The number of aryl methyl sites for hydroxylation is 1. The number of carbonyl (C=O) groups is 1. The first-order valence-electron chi connectivity index (χ1n) is 8.55. The van der Waals surface area contributed by atoms with E-state index in [4.69, 9.17) is 0 Å². The SMILES string of the molecule is O=C(CCc1nnc(-c2cccs2)[nH]c1=O)N1CCc2ccccc2C1. The molecule has 1 aliphatic rings. The number of nitrogens with one attached hydrogen (secondary N) is 1. The number of aromatic amines is 1. The van der Waals surface area contributed by atoms with Gasteiger partial charge in [0.2, 0.25) is 5.91 Å². The molecule has 7 heteroatoms. The number of thiophene rings is 1. The van der Waals surface area contributed by atoms with Crippen molar-refractivity contribution in [2.45, 2.75) is 25.8 Å². The van der Waals surface area contributed by atoms with Crippen LogP contribution in [0, 0.1) is 0 Å². The summed E-state index contributed by atoms with van der Waals surface area (Å²) >= 11 is 1.49. The fourth-order valence-electron chi connectivity index (χ4n) is 3.14. The summed E-state index contributed by atoms with van der Waals surface area (Å²) in [7, 11) is 0. The molecule has 0 bridgehead atoms. The van der Waals surface area contributed by atoms with E-state index in [2.05, 4.69) is 27.3 Å². The highest BCUT2D eigenvalue weighted by atomic mass is 32.1. The van der Waals surface area contributed by atoms with Crippen LogP contribution in [0.4, 0.5) is 0 Å². The Kier molecular flexibility index (Phi) is 4.62. The molecule has 3 heterocycles. The van der Waals surface area contributed by atoms with Crippen molar-refractivity contribution in [3.8, 4) is 10.7 Å². The van der Waals surface area contributed by atoms with Crippen molar-refractivity contribution < 1.29 is 4.79 Å². The van der Waals surface area contributed by atoms with Crippen LogP contribution in [0.15, 0.2) is 46.6 Å². The molecule has 0 spiro atoms. The molecule has 6 nitrogen and oxygen atoms in total. The molecule has 26 heavy (non-hydrogen) atoms. The van der Waals surface area contributed by atoms with Crippen LogP contribution in [-0.2, 0) is 24.2 Å². The van der Waals surface area contributed by atoms with Gasteiger partial charge in [-0.2, -0.15) is 0 Å². The molecule has 0 unspecified atom stereocenters. The number of benzene rings is 1. The molecule has 4 rings (SSSR count). The predicted octanol–water partition coefficient (Wildman–Crippen LogP) is 2.41. The molecule has 0 saturated carbocycles. The standard InChI is InChI=1S/C19H18N4O2S/c24-17(23-10-9-13-4-1-2-5-14(13)12-23)8-7-15-19(25)20-18(22-21-15)16-6-3-11-26-16/h1-6,11H,7-10,12H2,(H,20,22,25). The summed E-state index contributed by atoms with van der Waals surface area (Å²) in [6, 6.07) is 12.0. The second-order valence-corrected chi connectivity index (χ2v) is 7.21. The highest BCUT2D eigenvalue weighted by Crippen LogP contribution is 2.20. The highest BCUT2D eigenvalue weighted by molar-refractivity contribution is 7.13. The number of hydrogen-bond donors (Lipinski definition) is 1. The predicted molar refractivity (Wildman–Crippen MR) is 99.8 cm³/mol. The summed E-state index contributed by atoms with van der Waals surface area (Å²) in [4.78, 5) is 30.2. The first-order chi connectivity index (χ1) is 12.7. The maximum Gasteiger partial charge on any atom is 0.273 e. The maximum absolute atomic E-state index is 12.5. The number of aromatic nitrogens is 3. The second kappa shape index (κ2) is 7.21. The van der Waals surface area contributed by atoms with E-state index in [0.717, 1.165) is 17.8 Å². The number of fused-ring (bicyclic) bond motifs is 1. The van der Waals surface area contributed by atoms with E-state index in [-0.39, 0.29) is 17.9 Å². The Morgan fingerprint density at radius 1 is 1.15 bits per heavy atom. The normalized spacial score (nSPS) is 13.5. The van der Waals surface area contributed by atoms with E-state index in [1.54, 1.807) is 0 Å². The Hall–Kier alpha value is -2.80. The molecule has 1 amide bonds. The van der Waals surface area contributed by atoms with E-state index in [9.17, 15) is 9.59 Å². The number of rotatable bonds is 4. The molecule has 0 fully saturated rings. The zero-order valence-corrected chi connectivity index (χ0v) is 15.0. The van der Waals surface area contributed by atoms with Gasteiger partial charge in [0, 0.05) is 25.9 Å². The average molecular weight is 366 g/mol. The van der Waals surface area contributed by atoms with Gasteiger partial charge in [-0.3, -0.25) is 9.59 Å². The minimum absolute atomic E-state index is 0.0445. The van der Waals surface area contributed by atoms with Crippen molar-refractivity contribution in [1.82, 2.24) is 20.1 Å². The van der Waals surface area contributed by atoms with Crippen LogP contribution in [0.5, 0.6) is 0 Å². The molecule has 0 atom stereocenters. The van der Waals surface area contributed by atoms with Crippen LogP contribution >= 0.6 is 11.3 Å². The average Bonchev–Trinajstić information content (AvgIpc) is 3.21. The van der Waals surface area contributed by atoms with Gasteiger partial charge < -0.3 is 9.88 Å². The molecule has 1 aliphatic heterocycles. The third kappa shape index (κ3) is 3.43. The van der Waals surface area contributed by atoms with Gasteiger partial charge >= 0.3 is 0 Å². The lowest BCUT2D eigenvalue weighted by Crippen LogP contribution is -2.36. The lowest BCUT2D eigenvalue weighted by molar-refractivity contribution is -0.132. The van der Waals surface area contributed by atoms with E-state index in [0.29, 0.717) is 24.5 Å². The topological polar surface area (TPSA) is 79.0 Å². The van der Waals surface area contributed by atoms with Crippen molar-refractivity contribution in [1.29, 1.82) is 0 Å². The van der Waals surface area contributed by atoms with Crippen molar-refractivity contribution >= 4 is 17.2 Å². The van der Waals surface area contributed by atoms with Crippen LogP contribution in [0.1, 0.15) is 23.2 Å². The van der Waals surface area contributed by atoms with Gasteiger partial charge in [0.15, 0.2) is 5.82 Å². The minimum Gasteiger partial charge on any atom is -0.338 e. The van der Waals surface area contributed by atoms with Crippen molar-refractivity contribution in [3.63, 3.8) is 0 Å². The third-order valence-corrected chi connectivity index (χ3v) is 5.45. The molecule has 1 N–H and O–H groups in total. The Balaban J connectivity index is 1.40. The molecular weight excluding hydrogens is 348 g/mol. The van der Waals surface area contributed by atoms with Gasteiger partial charge in [0.25, 0.3) is 5.56 Å². The molecular formula is C19H18N4O2S. The van der Waals surface area contributed by atoms with E-state index >= 15 is 0 Å². The molecule has 0 aliphatic carbocycles. The van der Waals surface area contributed by atoms with E-state index < -0.39 is 0 Å². The summed E-state index contributed by atoms with van der Waals surface area (Å²) in [6.07, 6.45) is 1.43. The molecule has 1 aromatic carbocycles. The van der Waals surface area contributed by atoms with Crippen LogP contribution < -0.4 is 5.56 Å². The van der Waals surface area contributed by atoms with Gasteiger partial charge in [-0.15, -0.1) is 21.5 Å². The molecule has 2 aromatic heterocycles. The van der Waals surface area contributed by atoms with Crippen LogP contribution in [0.2, 0.25) is 0 Å². The number of hydrogen-bond acceptors (Lipinski definition) is 5. The summed E-state index contributed by atoms with van der Waals surface area (Å²) in [5, 5.41) is 10.0. The van der Waals surface area contributed by atoms with Crippen molar-refractivity contribution in [3.05, 3.63) is 69.0 Å². The van der Waals surface area contributed by atoms with Gasteiger partial charge in [0.05, 0.1) is 4.88 Å². The Morgan fingerprint density at radius 2 is 2.00 bits per heavy atom. The number of amides is 1. The fourth-order valence-corrected chi connectivity index (χ4v) is 3.80. The van der Waals surface area contributed by atoms with Gasteiger partial charge in [-0.1, -0.05) is 30.3 Å². The van der Waals surface area contributed by atoms with Gasteiger partial charge in [-0.25, -0.2) is 0 Å². The number of carbonyl (C=O) groups excluding carboxylic acids is 1. The third-order valence-electron chi connectivity index (χ3n) is 4.58. The van der Waals surface area contributed by atoms with Crippen LogP contribution in [0.25, 0.3) is 10.7 Å². The first-order valence-corrected chi connectivity index (χ1v) is 9.43. The second-order valence-electron chi connectivity index (χ2n) is 6.26. The van der Waals surface area contributed by atoms with Gasteiger partial charge in [-0.05, 0) is 29.0 Å². The Bertz CT molecular complexity index is 981. The summed E-state index contributed by atoms with van der Waals surface area (Å²) in [5.74, 6) is 0.510. The Labute approximate surface area is 154 Å². The Morgan fingerprint density at radius 3 is 2.77 bits per heavy atom. The quantitative estimate of drug-likeness (QED) is 0.769. The molecule has 0 radical (unpaired) electrons. The van der Waals surface area contributed by atoms with Crippen LogP contribution in [0.3, 0.4) is 0 Å². The van der Waals surface area contributed by atoms with E-state index in [1.165, 1.54) is 22.5 Å². The highest BCUT2D eigenvalue weighted by Gasteiger charge is 2.20. The molecule has 0 saturated heterocycles. The molecule has 132 valence electrons.